The van der Waals surface area contributed by atoms with E-state index >= 15 is 0 Å². The van der Waals surface area contributed by atoms with Crippen LogP contribution in [0.4, 0.5) is 0 Å². The Morgan fingerprint density at radius 2 is 1.22 bits per heavy atom. The number of carboxylic acid groups (broad SMARTS) is 1. The highest BCUT2D eigenvalue weighted by Gasteiger charge is 2.28. The van der Waals surface area contributed by atoms with Gasteiger partial charge in [-0.05, 0) is 26.7 Å². The SMILES string of the molecule is CC(=O)[O-].CCCCCCCCCCCC[N+]1(CC)CCCC1. The smallest absolute Gasteiger partial charge is 0.0788 e. The first-order valence-electron chi connectivity index (χ1n) is 10.1. The summed E-state index contributed by atoms with van der Waals surface area (Å²) in [6.07, 6.45) is 17.6. The van der Waals surface area contributed by atoms with Gasteiger partial charge < -0.3 is 14.4 Å². The quantitative estimate of drug-likeness (QED) is 0.396. The molecule has 1 saturated heterocycles. The molecule has 0 aromatic rings. The van der Waals surface area contributed by atoms with Crippen LogP contribution in [-0.4, -0.2) is 36.6 Å². The van der Waals surface area contributed by atoms with E-state index in [1.165, 1.54) is 108 Å². The molecule has 0 amide bonds. The van der Waals surface area contributed by atoms with Crippen LogP contribution in [0.3, 0.4) is 0 Å². The van der Waals surface area contributed by atoms with E-state index in [1.807, 2.05) is 0 Å². The lowest BCUT2D eigenvalue weighted by atomic mass is 10.1. The van der Waals surface area contributed by atoms with Crippen molar-refractivity contribution >= 4 is 5.97 Å². The second kappa shape index (κ2) is 15.0. The largest absolute Gasteiger partial charge is 0.550 e. The van der Waals surface area contributed by atoms with Crippen molar-refractivity contribution in [3.63, 3.8) is 0 Å². The molecule has 0 N–H and O–H groups in total. The standard InChI is InChI=1S/C18H38N.C2H4O2/c1-3-5-6-7-8-9-10-11-12-13-16-19(4-2)17-14-15-18-19;1-2(3)4/h3-18H2,1-2H3;1H3,(H,3,4)/q+1;/p-1. The first-order valence-corrected chi connectivity index (χ1v) is 10.1. The molecule has 0 aliphatic carbocycles. The van der Waals surface area contributed by atoms with Crippen molar-refractivity contribution in [1.29, 1.82) is 0 Å². The van der Waals surface area contributed by atoms with Gasteiger partial charge in [-0.1, -0.05) is 58.3 Å². The minimum Gasteiger partial charge on any atom is -0.550 e. The van der Waals surface area contributed by atoms with Gasteiger partial charge in [0, 0.05) is 18.8 Å². The number of hydrogen-bond donors (Lipinski definition) is 0. The zero-order valence-electron chi connectivity index (χ0n) is 16.1. The fraction of sp³-hybridized carbons (Fsp3) is 0.950. The van der Waals surface area contributed by atoms with E-state index in [1.54, 1.807) is 0 Å². The van der Waals surface area contributed by atoms with E-state index in [9.17, 15) is 0 Å². The van der Waals surface area contributed by atoms with E-state index in [-0.39, 0.29) is 0 Å². The Kier molecular flexibility index (Phi) is 14.6. The van der Waals surface area contributed by atoms with Crippen molar-refractivity contribution in [2.75, 3.05) is 26.2 Å². The van der Waals surface area contributed by atoms with Gasteiger partial charge in [0.1, 0.15) is 0 Å². The van der Waals surface area contributed by atoms with Crippen LogP contribution < -0.4 is 5.11 Å². The molecule has 3 nitrogen and oxygen atoms in total. The average Bonchev–Trinajstić information content (AvgIpc) is 2.98. The van der Waals surface area contributed by atoms with Gasteiger partial charge in [0.25, 0.3) is 0 Å². The minimum atomic E-state index is -1.08. The molecule has 1 aliphatic rings. The van der Waals surface area contributed by atoms with Crippen LogP contribution >= 0.6 is 0 Å². The molecule has 138 valence electrons. The van der Waals surface area contributed by atoms with E-state index in [0.717, 1.165) is 6.92 Å². The van der Waals surface area contributed by atoms with Gasteiger partial charge in [0.05, 0.1) is 26.2 Å². The van der Waals surface area contributed by atoms with Crippen LogP contribution in [-0.2, 0) is 4.79 Å². The molecule has 0 aromatic carbocycles. The molecule has 1 heterocycles. The molecule has 0 saturated carbocycles. The van der Waals surface area contributed by atoms with Gasteiger partial charge >= 0.3 is 0 Å². The summed E-state index contributed by atoms with van der Waals surface area (Å²) in [6.45, 7) is 11.4. The Bertz CT molecular complexity index is 269. The first kappa shape index (κ1) is 22.4. The Hall–Kier alpha value is -0.570. The van der Waals surface area contributed by atoms with Gasteiger partial charge in [-0.3, -0.25) is 0 Å². The molecule has 1 fully saturated rings. The van der Waals surface area contributed by atoms with E-state index < -0.39 is 5.97 Å². The molecule has 0 aromatic heterocycles. The maximum Gasteiger partial charge on any atom is 0.0788 e. The van der Waals surface area contributed by atoms with Crippen molar-refractivity contribution < 1.29 is 14.4 Å². The van der Waals surface area contributed by atoms with Crippen molar-refractivity contribution in [1.82, 2.24) is 0 Å². The predicted octanol–water partition coefficient (Wildman–Crippen LogP) is 4.29. The summed E-state index contributed by atoms with van der Waals surface area (Å²) in [5, 5.41) is 8.89. The topological polar surface area (TPSA) is 40.1 Å². The maximum atomic E-state index is 8.89. The fourth-order valence-electron chi connectivity index (χ4n) is 3.64. The molecule has 1 rings (SSSR count). The van der Waals surface area contributed by atoms with E-state index in [0.29, 0.717) is 0 Å². The Morgan fingerprint density at radius 3 is 1.61 bits per heavy atom. The molecule has 0 unspecified atom stereocenters. The molecule has 1 aliphatic heterocycles. The molecule has 23 heavy (non-hydrogen) atoms. The predicted molar refractivity (Wildman–Crippen MR) is 97.2 cm³/mol. The van der Waals surface area contributed by atoms with Gasteiger partial charge in [0.2, 0.25) is 0 Å². The normalized spacial score (nSPS) is 16.0. The number of nitrogens with zero attached hydrogens (tertiary/aromatic N) is 1. The van der Waals surface area contributed by atoms with Gasteiger partial charge in [0.15, 0.2) is 0 Å². The minimum absolute atomic E-state index is 0.972. The van der Waals surface area contributed by atoms with Crippen LogP contribution in [0.15, 0.2) is 0 Å². The maximum absolute atomic E-state index is 8.89. The number of rotatable bonds is 12. The third kappa shape index (κ3) is 13.6. The van der Waals surface area contributed by atoms with Crippen LogP contribution in [0.5, 0.6) is 0 Å². The molecular weight excluding hydrogens is 286 g/mol. The number of likely N-dealkylation sites (tertiary alicyclic amines) is 1. The summed E-state index contributed by atoms with van der Waals surface area (Å²) in [5.74, 6) is -1.08. The highest BCUT2D eigenvalue weighted by molar-refractivity contribution is 5.60. The van der Waals surface area contributed by atoms with Gasteiger partial charge in [-0.2, -0.15) is 0 Å². The zero-order valence-corrected chi connectivity index (χ0v) is 16.1. The summed E-state index contributed by atoms with van der Waals surface area (Å²) in [4.78, 5) is 8.89. The second-order valence-corrected chi connectivity index (χ2v) is 7.21. The highest BCUT2D eigenvalue weighted by atomic mass is 16.4. The molecule has 0 bridgehead atoms. The van der Waals surface area contributed by atoms with Crippen LogP contribution in [0, 0.1) is 0 Å². The summed E-state index contributed by atoms with van der Waals surface area (Å²) in [5.41, 5.74) is 0. The molecule has 3 heteroatoms. The van der Waals surface area contributed by atoms with Crippen molar-refractivity contribution in [3.05, 3.63) is 0 Å². The summed E-state index contributed by atoms with van der Waals surface area (Å²) in [6, 6.07) is 0. The zero-order chi connectivity index (χ0) is 17.4. The summed E-state index contributed by atoms with van der Waals surface area (Å²) < 4.78 is 1.44. The van der Waals surface area contributed by atoms with Crippen molar-refractivity contribution in [2.45, 2.75) is 97.8 Å². The highest BCUT2D eigenvalue weighted by Crippen LogP contribution is 2.20. The Labute approximate surface area is 145 Å². The number of unbranched alkanes of at least 4 members (excludes halogenated alkanes) is 9. The van der Waals surface area contributed by atoms with E-state index in [2.05, 4.69) is 13.8 Å². The second-order valence-electron chi connectivity index (χ2n) is 7.21. The lowest BCUT2D eigenvalue weighted by Crippen LogP contribution is -2.45. The first-order chi connectivity index (χ1) is 11.1. The molecule has 0 radical (unpaired) electrons. The fourth-order valence-corrected chi connectivity index (χ4v) is 3.64. The molecular formula is C20H41NO2. The molecule has 0 spiro atoms. The number of aliphatic carboxylic acids is 1. The van der Waals surface area contributed by atoms with Crippen LogP contribution in [0.1, 0.15) is 97.8 Å². The van der Waals surface area contributed by atoms with Crippen molar-refractivity contribution in [2.24, 2.45) is 0 Å². The Balaban J connectivity index is 0.00000108. The molecule has 0 atom stereocenters. The lowest BCUT2D eigenvalue weighted by Gasteiger charge is -2.33. The summed E-state index contributed by atoms with van der Waals surface area (Å²) >= 11 is 0. The third-order valence-electron chi connectivity index (χ3n) is 5.17. The number of carbonyl (C=O) groups is 1. The average molecular weight is 328 g/mol. The number of quaternary nitrogens is 1. The van der Waals surface area contributed by atoms with Gasteiger partial charge in [-0.15, -0.1) is 0 Å². The summed E-state index contributed by atoms with van der Waals surface area (Å²) in [7, 11) is 0. The van der Waals surface area contributed by atoms with Crippen LogP contribution in [0.2, 0.25) is 0 Å². The lowest BCUT2D eigenvalue weighted by molar-refractivity contribution is -0.915. The number of hydrogen-bond acceptors (Lipinski definition) is 2. The number of carboxylic acids is 1. The van der Waals surface area contributed by atoms with Gasteiger partial charge in [-0.25, -0.2) is 0 Å². The third-order valence-corrected chi connectivity index (χ3v) is 5.17. The number of carbonyl (C=O) groups excluding carboxylic acids is 1. The monoisotopic (exact) mass is 327 g/mol. The van der Waals surface area contributed by atoms with Crippen molar-refractivity contribution in [3.8, 4) is 0 Å². The van der Waals surface area contributed by atoms with E-state index in [4.69, 9.17) is 9.90 Å². The van der Waals surface area contributed by atoms with Crippen LogP contribution in [0.25, 0.3) is 0 Å². The Morgan fingerprint density at radius 1 is 0.826 bits per heavy atom.